The second-order valence-electron chi connectivity index (χ2n) is 7.94. The van der Waals surface area contributed by atoms with Gasteiger partial charge in [0.15, 0.2) is 11.4 Å². The number of H-pyrrole nitrogens is 1. The highest BCUT2D eigenvalue weighted by Crippen LogP contribution is 2.29. The Morgan fingerprint density at radius 1 is 1.14 bits per heavy atom. The zero-order chi connectivity index (χ0) is 24.7. The maximum absolute atomic E-state index is 13.1. The first-order valence-electron chi connectivity index (χ1n) is 10.5. The van der Waals surface area contributed by atoms with Crippen LogP contribution in [0, 0.1) is 20.8 Å². The molecule has 178 valence electrons. The fraction of sp³-hybridized carbons (Fsp3) is 0.130. The van der Waals surface area contributed by atoms with Gasteiger partial charge in [-0.05, 0) is 56.7 Å². The zero-order valence-electron chi connectivity index (χ0n) is 18.9. The van der Waals surface area contributed by atoms with E-state index in [1.807, 2.05) is 38.1 Å². The van der Waals surface area contributed by atoms with E-state index in [1.165, 1.54) is 21.6 Å². The van der Waals surface area contributed by atoms with Crippen molar-refractivity contribution in [3.63, 3.8) is 0 Å². The van der Waals surface area contributed by atoms with Crippen LogP contribution in [0.1, 0.15) is 22.5 Å². The van der Waals surface area contributed by atoms with Gasteiger partial charge >= 0.3 is 5.56 Å². The van der Waals surface area contributed by atoms with Crippen LogP contribution in [0.25, 0.3) is 10.8 Å². The molecule has 0 spiro atoms. The van der Waals surface area contributed by atoms with Crippen LogP contribution in [-0.2, 0) is 4.84 Å². The predicted octanol–water partition coefficient (Wildman–Crippen LogP) is 3.53. The number of aromatic amines is 1. The lowest BCUT2D eigenvalue weighted by atomic mass is 10.2. The molecule has 5 rings (SSSR count). The molecule has 3 N–H and O–H groups in total. The van der Waals surface area contributed by atoms with Gasteiger partial charge in [-0.1, -0.05) is 29.3 Å². The number of rotatable bonds is 5. The minimum absolute atomic E-state index is 0.165. The smallest absolute Gasteiger partial charge is 0.301 e. The van der Waals surface area contributed by atoms with Crippen LogP contribution >= 0.6 is 22.9 Å². The van der Waals surface area contributed by atoms with Gasteiger partial charge in [-0.25, -0.2) is 4.98 Å². The molecule has 4 aromatic rings. The molecule has 2 aromatic carbocycles. The average molecular weight is 510 g/mol. The van der Waals surface area contributed by atoms with Crippen LogP contribution in [-0.4, -0.2) is 14.8 Å². The van der Waals surface area contributed by atoms with Gasteiger partial charge < -0.3 is 9.94 Å². The molecule has 2 aromatic heterocycles. The molecule has 0 bridgehead atoms. The van der Waals surface area contributed by atoms with Crippen LogP contribution < -0.4 is 21.3 Å². The molecule has 1 aliphatic rings. The van der Waals surface area contributed by atoms with E-state index in [2.05, 4.69) is 20.3 Å². The van der Waals surface area contributed by atoms with E-state index in [0.29, 0.717) is 27.2 Å². The standard InChI is InChI=1S/C23H20ClN7O3S/c1-12-4-7-16(8-5-12)30-20(22(33)34-29-30)18-11-35-23(25-18)31-21(32)19(14(3)28-31)27-26-17-9-6-15(24)10-13(17)2/h4-11,28-29,33H,1-3H3. The second-order valence-corrected chi connectivity index (χ2v) is 9.21. The highest BCUT2D eigenvalue weighted by molar-refractivity contribution is 7.12. The molecular weight excluding hydrogens is 490 g/mol. The molecule has 0 amide bonds. The number of benzene rings is 2. The normalized spacial score (nSPS) is 13.8. The summed E-state index contributed by atoms with van der Waals surface area (Å²) in [5.74, 6) is -0.523. The van der Waals surface area contributed by atoms with Crippen molar-refractivity contribution in [2.24, 2.45) is 10.2 Å². The van der Waals surface area contributed by atoms with E-state index < -0.39 is 11.5 Å². The summed E-state index contributed by atoms with van der Waals surface area (Å²) in [6.07, 6.45) is 0. The summed E-state index contributed by atoms with van der Waals surface area (Å²) in [6, 6.07) is 12.9. The van der Waals surface area contributed by atoms with Gasteiger partial charge in [-0.3, -0.25) is 9.89 Å². The number of hydrogen-bond acceptors (Lipinski definition) is 8. The number of azo groups is 1. The topological polar surface area (TPSA) is 128 Å². The summed E-state index contributed by atoms with van der Waals surface area (Å²) < 4.78 is 1.29. The minimum Gasteiger partial charge on any atom is -0.540 e. The van der Waals surface area contributed by atoms with E-state index in [9.17, 15) is 9.90 Å². The van der Waals surface area contributed by atoms with E-state index >= 15 is 0 Å². The van der Waals surface area contributed by atoms with Crippen molar-refractivity contribution in [2.45, 2.75) is 20.8 Å². The minimum atomic E-state index is -0.523. The Bertz CT molecular complexity index is 1540. The van der Waals surface area contributed by atoms with Crippen LogP contribution in [0.2, 0.25) is 5.02 Å². The SMILES string of the molecule is Cc1ccc(N2[NH2+]OC([O-])=C2c2csc(-n3[nH]c(C)c(N=Nc4ccc(Cl)cc4C)c3=O)n2)cc1. The van der Waals surface area contributed by atoms with E-state index in [-0.39, 0.29) is 11.4 Å². The molecule has 0 aliphatic carbocycles. The number of aryl methyl sites for hydroxylation is 3. The third kappa shape index (κ3) is 4.32. The Kier molecular flexibility index (Phi) is 5.89. The van der Waals surface area contributed by atoms with Crippen molar-refractivity contribution in [2.75, 3.05) is 5.01 Å². The summed E-state index contributed by atoms with van der Waals surface area (Å²) in [4.78, 5) is 22.7. The highest BCUT2D eigenvalue weighted by atomic mass is 35.5. The molecule has 0 fully saturated rings. The van der Waals surface area contributed by atoms with Crippen molar-refractivity contribution in [1.29, 1.82) is 0 Å². The number of halogens is 1. The second kappa shape index (κ2) is 9.02. The quantitative estimate of drug-likeness (QED) is 0.314. The first kappa shape index (κ1) is 22.8. The van der Waals surface area contributed by atoms with Crippen LogP contribution in [0.5, 0.6) is 0 Å². The first-order valence-corrected chi connectivity index (χ1v) is 11.8. The van der Waals surface area contributed by atoms with E-state index in [4.69, 9.17) is 16.4 Å². The van der Waals surface area contributed by atoms with Gasteiger partial charge in [0.25, 0.3) is 0 Å². The summed E-state index contributed by atoms with van der Waals surface area (Å²) in [6.45, 7) is 5.58. The highest BCUT2D eigenvalue weighted by Gasteiger charge is 2.27. The maximum atomic E-state index is 13.1. The molecule has 1 aliphatic heterocycles. The molecule has 0 saturated heterocycles. The third-order valence-corrected chi connectivity index (χ3v) is 6.46. The molecule has 12 heteroatoms. The lowest BCUT2D eigenvalue weighted by molar-refractivity contribution is -0.890. The molecule has 0 saturated carbocycles. The molecule has 35 heavy (non-hydrogen) atoms. The number of aromatic nitrogens is 3. The van der Waals surface area contributed by atoms with Gasteiger partial charge in [-0.15, -0.1) is 22.0 Å². The zero-order valence-corrected chi connectivity index (χ0v) is 20.5. The number of hydrogen-bond donors (Lipinski definition) is 2. The largest absolute Gasteiger partial charge is 0.540 e. The Morgan fingerprint density at radius 2 is 1.91 bits per heavy atom. The Morgan fingerprint density at radius 3 is 2.66 bits per heavy atom. The fourth-order valence-electron chi connectivity index (χ4n) is 3.53. The third-order valence-electron chi connectivity index (χ3n) is 5.39. The van der Waals surface area contributed by atoms with Crippen LogP contribution in [0.15, 0.2) is 68.8 Å². The Balaban J connectivity index is 1.46. The van der Waals surface area contributed by atoms with Crippen molar-refractivity contribution >= 4 is 45.7 Å². The monoisotopic (exact) mass is 509 g/mol. The number of thiazole rings is 1. The number of nitrogens with two attached hydrogens (primary N) is 1. The molecule has 0 radical (unpaired) electrons. The summed E-state index contributed by atoms with van der Waals surface area (Å²) in [5.41, 5.74) is 5.62. The van der Waals surface area contributed by atoms with Gasteiger partial charge in [0, 0.05) is 10.4 Å². The molecule has 3 heterocycles. The molecule has 0 atom stereocenters. The van der Waals surface area contributed by atoms with Crippen molar-refractivity contribution in [3.05, 3.63) is 91.7 Å². The van der Waals surface area contributed by atoms with Crippen LogP contribution in [0.3, 0.4) is 0 Å². The number of nitrogens with zero attached hydrogens (tertiary/aromatic N) is 5. The Hall–Kier alpha value is -3.93. The van der Waals surface area contributed by atoms with Crippen molar-refractivity contribution in [1.82, 2.24) is 14.8 Å². The van der Waals surface area contributed by atoms with Crippen molar-refractivity contribution in [3.8, 4) is 5.13 Å². The summed E-state index contributed by atoms with van der Waals surface area (Å²) in [7, 11) is 0. The maximum Gasteiger partial charge on any atom is 0.301 e. The molecule has 0 unspecified atom stereocenters. The summed E-state index contributed by atoms with van der Waals surface area (Å²) >= 11 is 7.20. The predicted molar refractivity (Wildman–Crippen MR) is 131 cm³/mol. The first-order chi connectivity index (χ1) is 16.8. The van der Waals surface area contributed by atoms with E-state index in [1.54, 1.807) is 35.5 Å². The fourth-order valence-corrected chi connectivity index (χ4v) is 4.52. The van der Waals surface area contributed by atoms with E-state index in [0.717, 1.165) is 16.8 Å². The van der Waals surface area contributed by atoms with Gasteiger partial charge in [-0.2, -0.15) is 14.8 Å². The Labute approximate surface area is 208 Å². The average Bonchev–Trinajstić information content (AvgIpc) is 3.52. The molecule has 10 nitrogen and oxygen atoms in total. The van der Waals surface area contributed by atoms with Gasteiger partial charge in [0.2, 0.25) is 5.13 Å². The molecular formula is C23H20ClN7O3S. The number of anilines is 1. The number of nitrogens with one attached hydrogen (secondary N) is 1. The van der Waals surface area contributed by atoms with Gasteiger partial charge in [0.1, 0.15) is 11.6 Å². The number of quaternary nitrogens is 1. The van der Waals surface area contributed by atoms with Crippen LogP contribution in [0.4, 0.5) is 17.1 Å². The lowest BCUT2D eigenvalue weighted by Crippen LogP contribution is -2.90. The van der Waals surface area contributed by atoms with Gasteiger partial charge in [0.05, 0.1) is 17.1 Å². The van der Waals surface area contributed by atoms with Crippen molar-refractivity contribution < 1.29 is 15.5 Å². The summed E-state index contributed by atoms with van der Waals surface area (Å²) in [5, 5.41) is 28.1. The lowest BCUT2D eigenvalue weighted by Gasteiger charge is -2.16.